The minimum absolute atomic E-state index is 0.183. The molecule has 9 atom stereocenters. The third-order valence-electron chi connectivity index (χ3n) is 12.7. The second-order valence-corrected chi connectivity index (χ2v) is 15.1. The van der Waals surface area contributed by atoms with Gasteiger partial charge in [0.15, 0.2) is 0 Å². The first-order chi connectivity index (χ1) is 18.6. The molecule has 4 heteroatoms. The van der Waals surface area contributed by atoms with Crippen LogP contribution in [0.3, 0.4) is 0 Å². The van der Waals surface area contributed by atoms with E-state index in [1.165, 1.54) is 64.2 Å². The van der Waals surface area contributed by atoms with Crippen LogP contribution in [0.4, 0.5) is 0 Å². The summed E-state index contributed by atoms with van der Waals surface area (Å²) >= 11 is 0. The molecule has 0 bridgehead atoms. The maximum atomic E-state index is 12.0. The topological polar surface area (TPSA) is 52.6 Å². The molecule has 4 nitrogen and oxygen atoms in total. The van der Waals surface area contributed by atoms with Crippen molar-refractivity contribution in [2.24, 2.45) is 52.3 Å². The zero-order valence-corrected chi connectivity index (χ0v) is 25.0. The second-order valence-electron chi connectivity index (χ2n) is 15.1. The quantitative estimate of drug-likeness (QED) is 0.259. The predicted octanol–water partition coefficient (Wildman–Crippen LogP) is 8.87. The van der Waals surface area contributed by atoms with Crippen molar-refractivity contribution in [3.63, 3.8) is 0 Å². The molecule has 1 aliphatic heterocycles. The Kier molecular flexibility index (Phi) is 7.16. The Morgan fingerprint density at radius 2 is 1.62 bits per heavy atom. The summed E-state index contributed by atoms with van der Waals surface area (Å²) in [4.78, 5) is 23.8. The number of esters is 2. The Morgan fingerprint density at radius 1 is 0.872 bits per heavy atom. The smallest absolute Gasteiger partial charge is 0.347 e. The zero-order chi connectivity index (χ0) is 27.5. The molecule has 6 rings (SSSR count). The van der Waals surface area contributed by atoms with E-state index in [0.29, 0.717) is 27.7 Å². The third kappa shape index (κ3) is 4.66. The van der Waals surface area contributed by atoms with E-state index in [4.69, 9.17) is 9.47 Å². The van der Waals surface area contributed by atoms with Crippen molar-refractivity contribution in [3.05, 3.63) is 29.3 Å². The molecule has 4 fully saturated rings. The van der Waals surface area contributed by atoms with E-state index < -0.39 is 11.9 Å². The van der Waals surface area contributed by atoms with Gasteiger partial charge in [-0.2, -0.15) is 0 Å². The minimum Gasteiger partial charge on any atom is -0.490 e. The fourth-order valence-corrected chi connectivity index (χ4v) is 10.7. The van der Waals surface area contributed by atoms with Crippen molar-refractivity contribution < 1.29 is 19.1 Å². The van der Waals surface area contributed by atoms with Crippen LogP contribution in [-0.2, 0) is 4.74 Å². The highest BCUT2D eigenvalue weighted by Crippen LogP contribution is 2.68. The van der Waals surface area contributed by atoms with Crippen LogP contribution in [0.5, 0.6) is 5.75 Å². The maximum Gasteiger partial charge on any atom is 0.347 e. The lowest BCUT2D eigenvalue weighted by molar-refractivity contribution is -0.126. The molecule has 39 heavy (non-hydrogen) atoms. The minimum atomic E-state index is -0.557. The summed E-state index contributed by atoms with van der Waals surface area (Å²) < 4.78 is 11.2. The average Bonchev–Trinajstić information content (AvgIpc) is 3.39. The third-order valence-corrected chi connectivity index (χ3v) is 12.7. The molecule has 4 aliphatic carbocycles. The fraction of sp³-hybridized carbons (Fsp3) is 0.771. The van der Waals surface area contributed by atoms with Crippen LogP contribution < -0.4 is 4.74 Å². The van der Waals surface area contributed by atoms with Gasteiger partial charge in [-0.05, 0) is 128 Å². The molecule has 0 aromatic heterocycles. The normalized spacial score (nSPS) is 39.9. The van der Waals surface area contributed by atoms with E-state index in [-0.39, 0.29) is 6.10 Å². The van der Waals surface area contributed by atoms with Gasteiger partial charge in [-0.25, -0.2) is 9.59 Å². The fourth-order valence-electron chi connectivity index (χ4n) is 10.7. The first-order valence-electron chi connectivity index (χ1n) is 16.2. The average molecular weight is 535 g/mol. The molecule has 0 saturated heterocycles. The van der Waals surface area contributed by atoms with E-state index in [1.807, 2.05) is 6.07 Å². The number of cyclic esters (lactones) is 2. The van der Waals surface area contributed by atoms with Crippen molar-refractivity contribution in [1.82, 2.24) is 0 Å². The number of fused-ring (bicyclic) bond motifs is 6. The molecule has 5 aliphatic rings. The highest BCUT2D eigenvalue weighted by atomic mass is 16.6. The summed E-state index contributed by atoms with van der Waals surface area (Å²) in [6.45, 7) is 12.6. The first kappa shape index (κ1) is 27.3. The van der Waals surface area contributed by atoms with E-state index in [2.05, 4.69) is 34.6 Å². The van der Waals surface area contributed by atoms with Crippen LogP contribution >= 0.6 is 0 Å². The highest BCUT2D eigenvalue weighted by Gasteiger charge is 2.60. The van der Waals surface area contributed by atoms with E-state index in [9.17, 15) is 9.59 Å². The molecule has 1 heterocycles. The summed E-state index contributed by atoms with van der Waals surface area (Å²) in [5.41, 5.74) is 1.68. The van der Waals surface area contributed by atoms with Crippen LogP contribution in [0.2, 0.25) is 0 Å². The molecule has 0 N–H and O–H groups in total. The van der Waals surface area contributed by atoms with Gasteiger partial charge in [-0.1, -0.05) is 53.9 Å². The Bertz CT molecular complexity index is 1110. The Balaban J connectivity index is 1.10. The lowest BCUT2D eigenvalue weighted by atomic mass is 9.44. The molecule has 0 spiro atoms. The molecule has 0 amide bonds. The lowest BCUT2D eigenvalue weighted by Gasteiger charge is -2.61. The van der Waals surface area contributed by atoms with Crippen LogP contribution in [0.15, 0.2) is 18.2 Å². The van der Waals surface area contributed by atoms with Gasteiger partial charge >= 0.3 is 11.9 Å². The molecule has 9 unspecified atom stereocenters. The summed E-state index contributed by atoms with van der Waals surface area (Å²) in [6, 6.07) is 5.20. The monoisotopic (exact) mass is 534 g/mol. The molecule has 1 aromatic rings. The molecular formula is C35H50O4. The predicted molar refractivity (Wildman–Crippen MR) is 154 cm³/mol. The van der Waals surface area contributed by atoms with Crippen LogP contribution in [0, 0.1) is 52.3 Å². The Hall–Kier alpha value is -1.84. The second kappa shape index (κ2) is 10.2. The van der Waals surface area contributed by atoms with Crippen molar-refractivity contribution in [2.45, 2.75) is 118 Å². The van der Waals surface area contributed by atoms with E-state index in [1.54, 1.807) is 12.1 Å². The summed E-state index contributed by atoms with van der Waals surface area (Å²) in [5.74, 6) is 5.62. The van der Waals surface area contributed by atoms with Gasteiger partial charge in [0.05, 0.1) is 17.2 Å². The SMILES string of the molecule is CC(C)CCCC(C)C1CCC2C3CCC4CC(Oc5ccc6c(c5)C(=O)OC6=O)CCC4(C)C3CCC12C. The Labute approximate surface area is 236 Å². The van der Waals surface area contributed by atoms with Crippen LogP contribution in [0.25, 0.3) is 0 Å². The molecule has 1 aromatic carbocycles. The molecule has 0 radical (unpaired) electrons. The standard InChI is InChI=1S/C35H50O4/c1-21(2)7-6-8-22(3)29-13-14-30-27-11-9-23-19-25(15-17-34(23,4)31(27)16-18-35(29,30)5)38-24-10-12-26-28(20-24)33(37)39-32(26)36/h10,12,20-23,25,27,29-31H,6-9,11,13-19H2,1-5H3. The number of rotatable bonds is 7. The summed E-state index contributed by atoms with van der Waals surface area (Å²) in [6.07, 6.45) is 16.3. The maximum absolute atomic E-state index is 12.0. The molecular weight excluding hydrogens is 484 g/mol. The van der Waals surface area contributed by atoms with E-state index >= 15 is 0 Å². The van der Waals surface area contributed by atoms with Crippen molar-refractivity contribution in [3.8, 4) is 5.75 Å². The van der Waals surface area contributed by atoms with Crippen molar-refractivity contribution >= 4 is 11.9 Å². The van der Waals surface area contributed by atoms with Crippen LogP contribution in [-0.4, -0.2) is 18.0 Å². The van der Waals surface area contributed by atoms with Gasteiger partial charge in [-0.3, -0.25) is 0 Å². The number of hydrogen-bond donors (Lipinski definition) is 0. The number of benzene rings is 1. The zero-order valence-electron chi connectivity index (χ0n) is 25.0. The first-order valence-corrected chi connectivity index (χ1v) is 16.2. The number of carbonyl (C=O) groups excluding carboxylic acids is 2. The van der Waals surface area contributed by atoms with Gasteiger partial charge in [-0.15, -0.1) is 0 Å². The van der Waals surface area contributed by atoms with Gasteiger partial charge in [0.2, 0.25) is 0 Å². The summed E-state index contributed by atoms with van der Waals surface area (Å²) in [5, 5.41) is 0. The largest absolute Gasteiger partial charge is 0.490 e. The highest BCUT2D eigenvalue weighted by molar-refractivity contribution is 6.14. The van der Waals surface area contributed by atoms with Gasteiger partial charge in [0.25, 0.3) is 0 Å². The van der Waals surface area contributed by atoms with Gasteiger partial charge in [0.1, 0.15) is 5.75 Å². The van der Waals surface area contributed by atoms with Gasteiger partial charge < -0.3 is 9.47 Å². The Morgan fingerprint density at radius 3 is 2.41 bits per heavy atom. The molecule has 4 saturated carbocycles. The summed E-state index contributed by atoms with van der Waals surface area (Å²) in [7, 11) is 0. The number of ether oxygens (including phenoxy) is 2. The van der Waals surface area contributed by atoms with Crippen molar-refractivity contribution in [2.75, 3.05) is 0 Å². The number of carbonyl (C=O) groups is 2. The molecule has 214 valence electrons. The van der Waals surface area contributed by atoms with Crippen LogP contribution in [0.1, 0.15) is 132 Å². The van der Waals surface area contributed by atoms with Gasteiger partial charge in [0, 0.05) is 0 Å². The van der Waals surface area contributed by atoms with Crippen molar-refractivity contribution in [1.29, 1.82) is 0 Å². The lowest BCUT2D eigenvalue weighted by Crippen LogP contribution is -2.54. The van der Waals surface area contributed by atoms with E-state index in [0.717, 1.165) is 54.3 Å². The number of hydrogen-bond acceptors (Lipinski definition) is 4.